The number of hydrogen-bond donors (Lipinski definition) is 0. The Bertz CT molecular complexity index is 140. The van der Waals surface area contributed by atoms with E-state index in [0.29, 0.717) is 0 Å². The number of carbonyl (C=O) groups excluding carboxylic acids is 1. The van der Waals surface area contributed by atoms with E-state index in [2.05, 4.69) is 28.1 Å². The fourth-order valence-electron chi connectivity index (χ4n) is 1.000. The van der Waals surface area contributed by atoms with Crippen molar-refractivity contribution in [3.8, 4) is 0 Å². The van der Waals surface area contributed by atoms with Crippen molar-refractivity contribution < 1.29 is 4.79 Å². The lowest BCUT2D eigenvalue weighted by Crippen LogP contribution is -2.08. The standard InChI is InChI=1S/C7H9BrO/c8-7(9)6-4-2-1-3-5-6/h1-2,6H,3-5H2. The fourth-order valence-corrected chi connectivity index (χ4v) is 1.42. The molecule has 1 atom stereocenters. The van der Waals surface area contributed by atoms with E-state index in [1.165, 1.54) is 0 Å². The Morgan fingerprint density at radius 1 is 1.56 bits per heavy atom. The minimum Gasteiger partial charge on any atom is -0.286 e. The summed E-state index contributed by atoms with van der Waals surface area (Å²) in [5, 5.41) is 0. The highest BCUT2D eigenvalue weighted by Gasteiger charge is 2.14. The number of rotatable bonds is 1. The first-order valence-corrected chi connectivity index (χ1v) is 3.94. The van der Waals surface area contributed by atoms with Gasteiger partial charge in [0.2, 0.25) is 4.69 Å². The SMILES string of the molecule is O=C(Br)C1CC=CCC1. The molecule has 1 aliphatic carbocycles. The molecule has 0 amide bonds. The number of carbonyl (C=O) groups is 1. The maximum atomic E-state index is 10.7. The van der Waals surface area contributed by atoms with Gasteiger partial charge in [-0.15, -0.1) is 0 Å². The van der Waals surface area contributed by atoms with Crippen LogP contribution in [0.5, 0.6) is 0 Å². The van der Waals surface area contributed by atoms with E-state index in [1.54, 1.807) is 0 Å². The zero-order valence-corrected chi connectivity index (χ0v) is 6.73. The number of halogens is 1. The van der Waals surface area contributed by atoms with Crippen LogP contribution in [0.2, 0.25) is 0 Å². The molecular formula is C7H9BrO. The van der Waals surface area contributed by atoms with Gasteiger partial charge in [-0.3, -0.25) is 4.79 Å². The second-order valence-corrected chi connectivity index (χ2v) is 3.07. The van der Waals surface area contributed by atoms with E-state index >= 15 is 0 Å². The first-order chi connectivity index (χ1) is 4.30. The summed E-state index contributed by atoms with van der Waals surface area (Å²) in [6.07, 6.45) is 7.20. The Kier molecular flexibility index (Phi) is 2.46. The molecule has 1 aliphatic rings. The van der Waals surface area contributed by atoms with Gasteiger partial charge in [0.05, 0.1) is 0 Å². The van der Waals surface area contributed by atoms with Crippen molar-refractivity contribution >= 4 is 20.6 Å². The van der Waals surface area contributed by atoms with Gasteiger partial charge in [0.1, 0.15) is 0 Å². The van der Waals surface area contributed by atoms with Crippen LogP contribution in [0.25, 0.3) is 0 Å². The summed E-state index contributed by atoms with van der Waals surface area (Å²) < 4.78 is 0.159. The molecule has 9 heavy (non-hydrogen) atoms. The average Bonchev–Trinajstić information content (AvgIpc) is 1.90. The van der Waals surface area contributed by atoms with Crippen LogP contribution < -0.4 is 0 Å². The summed E-state index contributed by atoms with van der Waals surface area (Å²) in [6.45, 7) is 0. The quantitative estimate of drug-likeness (QED) is 0.456. The maximum absolute atomic E-state index is 10.7. The third-order valence-electron chi connectivity index (χ3n) is 1.59. The lowest BCUT2D eigenvalue weighted by Gasteiger charge is -2.11. The summed E-state index contributed by atoms with van der Waals surface area (Å²) in [5.41, 5.74) is 0. The number of allylic oxidation sites excluding steroid dienone is 2. The summed E-state index contributed by atoms with van der Waals surface area (Å²) in [4.78, 5) is 10.7. The highest BCUT2D eigenvalue weighted by molar-refractivity contribution is 9.18. The molecule has 0 saturated carbocycles. The van der Waals surface area contributed by atoms with Gasteiger partial charge in [-0.1, -0.05) is 12.2 Å². The summed E-state index contributed by atoms with van der Waals surface area (Å²) >= 11 is 2.96. The topological polar surface area (TPSA) is 17.1 Å². The van der Waals surface area contributed by atoms with Gasteiger partial charge in [0, 0.05) is 5.92 Å². The van der Waals surface area contributed by atoms with Crippen molar-refractivity contribution in [2.24, 2.45) is 5.92 Å². The molecule has 1 rings (SSSR count). The summed E-state index contributed by atoms with van der Waals surface area (Å²) in [5.74, 6) is 0.245. The summed E-state index contributed by atoms with van der Waals surface area (Å²) in [6, 6.07) is 0. The molecule has 0 aromatic rings. The van der Waals surface area contributed by atoms with E-state index in [9.17, 15) is 4.79 Å². The highest BCUT2D eigenvalue weighted by atomic mass is 79.9. The van der Waals surface area contributed by atoms with Crippen molar-refractivity contribution in [3.05, 3.63) is 12.2 Å². The molecule has 0 aromatic heterocycles. The van der Waals surface area contributed by atoms with E-state index in [0.717, 1.165) is 19.3 Å². The van der Waals surface area contributed by atoms with Gasteiger partial charge in [-0.25, -0.2) is 0 Å². The highest BCUT2D eigenvalue weighted by Crippen LogP contribution is 2.20. The first kappa shape index (κ1) is 7.00. The molecule has 0 heterocycles. The Balaban J connectivity index is 2.44. The van der Waals surface area contributed by atoms with E-state index in [4.69, 9.17) is 0 Å². The van der Waals surface area contributed by atoms with Crippen molar-refractivity contribution in [1.29, 1.82) is 0 Å². The van der Waals surface area contributed by atoms with Gasteiger partial charge in [-0.05, 0) is 35.2 Å². The van der Waals surface area contributed by atoms with Gasteiger partial charge < -0.3 is 0 Å². The molecule has 0 saturated heterocycles. The predicted molar refractivity (Wildman–Crippen MR) is 40.4 cm³/mol. The van der Waals surface area contributed by atoms with E-state index < -0.39 is 0 Å². The van der Waals surface area contributed by atoms with Crippen molar-refractivity contribution in [3.63, 3.8) is 0 Å². The molecule has 1 nitrogen and oxygen atoms in total. The fraction of sp³-hybridized carbons (Fsp3) is 0.571. The molecular weight excluding hydrogens is 180 g/mol. The lowest BCUT2D eigenvalue weighted by atomic mass is 9.96. The molecule has 50 valence electrons. The largest absolute Gasteiger partial charge is 0.286 e. The zero-order chi connectivity index (χ0) is 6.69. The molecule has 0 fully saturated rings. The molecule has 0 N–H and O–H groups in total. The average molecular weight is 189 g/mol. The Labute approximate surface area is 63.3 Å². The second-order valence-electron chi connectivity index (χ2n) is 2.29. The zero-order valence-electron chi connectivity index (χ0n) is 5.14. The maximum Gasteiger partial charge on any atom is 0.201 e. The van der Waals surface area contributed by atoms with Crippen molar-refractivity contribution in [2.45, 2.75) is 19.3 Å². The van der Waals surface area contributed by atoms with Crippen LogP contribution >= 0.6 is 15.9 Å². The van der Waals surface area contributed by atoms with Crippen molar-refractivity contribution in [2.75, 3.05) is 0 Å². The Hall–Kier alpha value is -0.110. The van der Waals surface area contributed by atoms with Crippen LogP contribution in [0.1, 0.15) is 19.3 Å². The second kappa shape index (κ2) is 3.16. The molecule has 2 heteroatoms. The Morgan fingerprint density at radius 2 is 2.33 bits per heavy atom. The van der Waals surface area contributed by atoms with Crippen LogP contribution in [-0.4, -0.2) is 4.69 Å². The molecule has 0 aliphatic heterocycles. The van der Waals surface area contributed by atoms with Gasteiger partial charge in [0.15, 0.2) is 0 Å². The minimum atomic E-state index is 0.159. The molecule has 1 unspecified atom stereocenters. The predicted octanol–water partition coefficient (Wildman–Crippen LogP) is 2.26. The Morgan fingerprint density at radius 3 is 2.67 bits per heavy atom. The molecule has 0 bridgehead atoms. The monoisotopic (exact) mass is 188 g/mol. The minimum absolute atomic E-state index is 0.159. The molecule has 0 aromatic carbocycles. The van der Waals surface area contributed by atoms with Crippen LogP contribution in [0.4, 0.5) is 0 Å². The van der Waals surface area contributed by atoms with E-state index in [-0.39, 0.29) is 10.6 Å². The van der Waals surface area contributed by atoms with Gasteiger partial charge in [-0.2, -0.15) is 0 Å². The third-order valence-corrected chi connectivity index (χ3v) is 2.24. The number of hydrogen-bond acceptors (Lipinski definition) is 1. The van der Waals surface area contributed by atoms with Gasteiger partial charge >= 0.3 is 0 Å². The van der Waals surface area contributed by atoms with Crippen LogP contribution in [0.3, 0.4) is 0 Å². The molecule has 0 spiro atoms. The van der Waals surface area contributed by atoms with Crippen molar-refractivity contribution in [1.82, 2.24) is 0 Å². The molecule has 0 radical (unpaired) electrons. The smallest absolute Gasteiger partial charge is 0.201 e. The third kappa shape index (κ3) is 1.94. The van der Waals surface area contributed by atoms with E-state index in [1.807, 2.05) is 0 Å². The van der Waals surface area contributed by atoms with Crippen LogP contribution in [0, 0.1) is 5.92 Å². The normalized spacial score (nSPS) is 26.1. The van der Waals surface area contributed by atoms with Crippen LogP contribution in [0.15, 0.2) is 12.2 Å². The lowest BCUT2D eigenvalue weighted by molar-refractivity contribution is -0.113. The van der Waals surface area contributed by atoms with Gasteiger partial charge in [0.25, 0.3) is 0 Å². The first-order valence-electron chi connectivity index (χ1n) is 3.15. The van der Waals surface area contributed by atoms with Crippen LogP contribution in [-0.2, 0) is 4.79 Å². The summed E-state index contributed by atoms with van der Waals surface area (Å²) in [7, 11) is 0.